The number of hydrazine groups is 1. The Kier molecular flexibility index (Phi) is 6.01. The van der Waals surface area contributed by atoms with E-state index in [4.69, 9.17) is 14.2 Å². The molecule has 0 saturated carbocycles. The molecule has 0 amide bonds. The van der Waals surface area contributed by atoms with Gasteiger partial charge in [-0.05, 0) is 31.4 Å². The molecule has 5 rings (SSSR count). The molecule has 0 aliphatic carbocycles. The van der Waals surface area contributed by atoms with Crippen LogP contribution in [0.2, 0.25) is 0 Å². The number of rotatable bonds is 6. The smallest absolute Gasteiger partial charge is 0.320 e. The average molecular weight is 424 g/mol. The summed E-state index contributed by atoms with van der Waals surface area (Å²) in [5.74, 6) is 1.61. The van der Waals surface area contributed by atoms with Crippen molar-refractivity contribution in [2.24, 2.45) is 0 Å². The van der Waals surface area contributed by atoms with E-state index in [1.807, 2.05) is 17.3 Å². The number of morpholine rings is 1. The van der Waals surface area contributed by atoms with Gasteiger partial charge < -0.3 is 19.1 Å². The number of anilines is 2. The minimum Gasteiger partial charge on any atom is -0.461 e. The predicted octanol–water partition coefficient (Wildman–Crippen LogP) is 2.76. The van der Waals surface area contributed by atoms with Gasteiger partial charge in [0.05, 0.1) is 25.4 Å². The Bertz CT molecular complexity index is 925. The van der Waals surface area contributed by atoms with Crippen LogP contribution in [0.25, 0.3) is 0 Å². The van der Waals surface area contributed by atoms with Crippen molar-refractivity contribution >= 4 is 11.6 Å². The van der Waals surface area contributed by atoms with Gasteiger partial charge in [-0.1, -0.05) is 29.8 Å². The molecule has 8 heteroatoms. The van der Waals surface area contributed by atoms with Crippen LogP contribution in [-0.2, 0) is 9.47 Å². The lowest BCUT2D eigenvalue weighted by Gasteiger charge is -2.29. The van der Waals surface area contributed by atoms with Crippen LogP contribution < -0.4 is 20.1 Å². The molecule has 3 aliphatic heterocycles. The van der Waals surface area contributed by atoms with E-state index >= 15 is 0 Å². The van der Waals surface area contributed by atoms with Crippen molar-refractivity contribution in [2.75, 3.05) is 49.4 Å². The van der Waals surface area contributed by atoms with Crippen LogP contribution in [0.15, 0.2) is 42.6 Å². The van der Waals surface area contributed by atoms with Gasteiger partial charge in [0.2, 0.25) is 0 Å². The number of benzene rings is 1. The van der Waals surface area contributed by atoms with Gasteiger partial charge in [0.15, 0.2) is 5.82 Å². The highest BCUT2D eigenvalue weighted by Crippen LogP contribution is 2.28. The van der Waals surface area contributed by atoms with Crippen molar-refractivity contribution in [3.8, 4) is 6.01 Å². The Morgan fingerprint density at radius 2 is 2.00 bits per heavy atom. The molecule has 8 nitrogen and oxygen atoms in total. The maximum Gasteiger partial charge on any atom is 0.320 e. The van der Waals surface area contributed by atoms with Gasteiger partial charge in [-0.25, -0.2) is 5.43 Å². The summed E-state index contributed by atoms with van der Waals surface area (Å²) in [6.45, 7) is 6.38. The number of nitrogens with zero attached hydrogens (tertiary/aromatic N) is 4. The summed E-state index contributed by atoms with van der Waals surface area (Å²) in [6, 6.07) is 11.0. The monoisotopic (exact) mass is 423 g/mol. The Morgan fingerprint density at radius 1 is 1.13 bits per heavy atom. The highest BCUT2D eigenvalue weighted by atomic mass is 16.5. The van der Waals surface area contributed by atoms with Gasteiger partial charge in [0, 0.05) is 32.0 Å². The largest absolute Gasteiger partial charge is 0.461 e. The second-order valence-electron chi connectivity index (χ2n) is 8.14. The third kappa shape index (κ3) is 4.81. The first kappa shape index (κ1) is 20.2. The number of aromatic nitrogens is 2. The van der Waals surface area contributed by atoms with Crippen molar-refractivity contribution in [1.29, 1.82) is 0 Å². The molecule has 0 bridgehead atoms. The third-order valence-electron chi connectivity index (χ3n) is 5.79. The second kappa shape index (κ2) is 9.21. The van der Waals surface area contributed by atoms with Gasteiger partial charge in [0.1, 0.15) is 12.4 Å². The van der Waals surface area contributed by atoms with E-state index in [0.29, 0.717) is 25.8 Å². The van der Waals surface area contributed by atoms with Crippen LogP contribution in [0.4, 0.5) is 11.6 Å². The summed E-state index contributed by atoms with van der Waals surface area (Å²) in [6.07, 6.45) is 6.37. The lowest BCUT2D eigenvalue weighted by Crippen LogP contribution is -2.37. The van der Waals surface area contributed by atoms with E-state index in [1.165, 1.54) is 11.1 Å². The molecular weight excluding hydrogens is 394 g/mol. The molecule has 0 radical (unpaired) electrons. The Labute approximate surface area is 182 Å². The van der Waals surface area contributed by atoms with Crippen LogP contribution in [0.1, 0.15) is 30.0 Å². The minimum atomic E-state index is 0.0953. The van der Waals surface area contributed by atoms with Crippen molar-refractivity contribution in [2.45, 2.75) is 31.9 Å². The third-order valence-corrected chi connectivity index (χ3v) is 5.79. The molecule has 3 aliphatic rings. The molecule has 4 heterocycles. The van der Waals surface area contributed by atoms with Gasteiger partial charge >= 0.3 is 6.01 Å². The van der Waals surface area contributed by atoms with Gasteiger partial charge in [-0.3, -0.25) is 5.01 Å². The number of aryl methyl sites for hydroxylation is 1. The molecule has 2 atom stereocenters. The molecule has 1 aromatic carbocycles. The topological polar surface area (TPSA) is 72.0 Å². The molecule has 164 valence electrons. The normalized spacial score (nSPS) is 23.5. The maximum absolute atomic E-state index is 5.97. The first-order valence-corrected chi connectivity index (χ1v) is 11.0. The number of hydrogen-bond donors (Lipinski definition) is 1. The van der Waals surface area contributed by atoms with Crippen LogP contribution in [-0.4, -0.2) is 55.6 Å². The fraction of sp³-hybridized carbons (Fsp3) is 0.478. The highest BCUT2D eigenvalue weighted by Gasteiger charge is 2.23. The van der Waals surface area contributed by atoms with E-state index in [9.17, 15) is 0 Å². The molecule has 0 spiro atoms. The molecule has 1 N–H and O–H groups in total. The summed E-state index contributed by atoms with van der Waals surface area (Å²) in [7, 11) is 0. The molecule has 2 unspecified atom stereocenters. The van der Waals surface area contributed by atoms with Crippen molar-refractivity contribution in [3.63, 3.8) is 0 Å². The van der Waals surface area contributed by atoms with E-state index in [0.717, 1.165) is 44.2 Å². The number of nitrogens with one attached hydrogen (secondary N) is 1. The first-order valence-electron chi connectivity index (χ1n) is 11.0. The van der Waals surface area contributed by atoms with E-state index in [2.05, 4.69) is 57.6 Å². The summed E-state index contributed by atoms with van der Waals surface area (Å²) >= 11 is 0. The standard InChI is InChI=1S/C23H29N5O3/c1-17-4-2-5-18(14-17)20-7-8-28(26-20)22-15-21(27-9-12-29-13-10-27)24-23(25-22)31-16-19-6-3-11-30-19/h2,4-5,7-8,14-15,19-20,26H,3,6,9-13,16H2,1H3. The Balaban J connectivity index is 1.36. The van der Waals surface area contributed by atoms with Crippen molar-refractivity contribution in [3.05, 3.63) is 53.7 Å². The Morgan fingerprint density at radius 3 is 2.81 bits per heavy atom. The van der Waals surface area contributed by atoms with E-state index < -0.39 is 0 Å². The minimum absolute atomic E-state index is 0.0953. The lowest BCUT2D eigenvalue weighted by molar-refractivity contribution is 0.0645. The fourth-order valence-electron chi connectivity index (χ4n) is 4.09. The van der Waals surface area contributed by atoms with Crippen molar-refractivity contribution in [1.82, 2.24) is 15.4 Å². The van der Waals surface area contributed by atoms with Gasteiger partial charge in [-0.15, -0.1) is 0 Å². The quantitative estimate of drug-likeness (QED) is 0.761. The second-order valence-corrected chi connectivity index (χ2v) is 8.14. The van der Waals surface area contributed by atoms with Crippen molar-refractivity contribution < 1.29 is 14.2 Å². The van der Waals surface area contributed by atoms with Crippen LogP contribution >= 0.6 is 0 Å². The van der Waals surface area contributed by atoms with Crippen LogP contribution in [0, 0.1) is 6.92 Å². The summed E-state index contributed by atoms with van der Waals surface area (Å²) in [4.78, 5) is 11.6. The Hall–Kier alpha value is -2.68. The fourth-order valence-corrected chi connectivity index (χ4v) is 4.09. The van der Waals surface area contributed by atoms with E-state index in [1.54, 1.807) is 0 Å². The number of hydrogen-bond acceptors (Lipinski definition) is 8. The summed E-state index contributed by atoms with van der Waals surface area (Å²) < 4.78 is 17.2. The highest BCUT2D eigenvalue weighted by molar-refractivity contribution is 5.54. The van der Waals surface area contributed by atoms with Gasteiger partial charge in [0.25, 0.3) is 0 Å². The molecular formula is C23H29N5O3. The van der Waals surface area contributed by atoms with E-state index in [-0.39, 0.29) is 12.1 Å². The predicted molar refractivity (Wildman–Crippen MR) is 118 cm³/mol. The molecule has 1 aromatic heterocycles. The first-order chi connectivity index (χ1) is 15.2. The van der Waals surface area contributed by atoms with Crippen LogP contribution in [0.5, 0.6) is 6.01 Å². The average Bonchev–Trinajstić information content (AvgIpc) is 3.51. The lowest BCUT2D eigenvalue weighted by atomic mass is 10.1. The molecule has 31 heavy (non-hydrogen) atoms. The zero-order chi connectivity index (χ0) is 21.0. The molecule has 2 fully saturated rings. The SMILES string of the molecule is Cc1cccc(C2C=CN(c3cc(N4CCOCC4)nc(OCC4CCCO4)n3)N2)c1. The molecule has 2 saturated heterocycles. The summed E-state index contributed by atoms with van der Waals surface area (Å²) in [5.41, 5.74) is 5.98. The van der Waals surface area contributed by atoms with Gasteiger partial charge in [-0.2, -0.15) is 9.97 Å². The molecule has 2 aromatic rings. The number of ether oxygens (including phenoxy) is 3. The maximum atomic E-state index is 5.97. The van der Waals surface area contributed by atoms with Crippen LogP contribution in [0.3, 0.4) is 0 Å². The zero-order valence-electron chi connectivity index (χ0n) is 17.9. The zero-order valence-corrected chi connectivity index (χ0v) is 17.9. The summed E-state index contributed by atoms with van der Waals surface area (Å²) in [5, 5.41) is 1.94.